The van der Waals surface area contributed by atoms with E-state index in [1.54, 1.807) is 12.1 Å². The molecule has 0 radical (unpaired) electrons. The number of piperazine rings is 1. The van der Waals surface area contributed by atoms with E-state index in [9.17, 15) is 17.6 Å². The minimum absolute atomic E-state index is 0.176. The second-order valence-corrected chi connectivity index (χ2v) is 8.72. The number of carbonyl (C=O) groups excluding carboxylic acids is 1. The average molecular weight is 368 g/mol. The summed E-state index contributed by atoms with van der Waals surface area (Å²) in [4.78, 5) is 13.3. The Balaban J connectivity index is 2.02. The first-order valence-corrected chi connectivity index (χ1v) is 9.83. The normalized spacial score (nSPS) is 19.2. The highest BCUT2D eigenvalue weighted by Gasteiger charge is 2.40. The minimum Gasteiger partial charge on any atom is -0.353 e. The second kappa shape index (κ2) is 6.62. The first-order valence-electron chi connectivity index (χ1n) is 7.57. The molecule has 2 aromatic rings. The van der Waals surface area contributed by atoms with Gasteiger partial charge in [0, 0.05) is 18.0 Å². The Morgan fingerprint density at radius 2 is 1.96 bits per heavy atom. The van der Waals surface area contributed by atoms with Crippen LogP contribution in [0, 0.1) is 5.82 Å². The highest BCUT2D eigenvalue weighted by Crippen LogP contribution is 2.32. The van der Waals surface area contributed by atoms with E-state index >= 15 is 0 Å². The second-order valence-electron chi connectivity index (χ2n) is 5.44. The lowest BCUT2D eigenvalue weighted by Gasteiger charge is -2.33. The molecule has 1 fully saturated rings. The van der Waals surface area contributed by atoms with Crippen LogP contribution >= 0.6 is 11.3 Å². The Morgan fingerprint density at radius 3 is 2.58 bits per heavy atom. The Labute approximate surface area is 144 Å². The lowest BCUT2D eigenvalue weighted by atomic mass is 10.0. The van der Waals surface area contributed by atoms with Crippen LogP contribution in [0.5, 0.6) is 0 Å². The molecule has 0 saturated carbocycles. The zero-order valence-corrected chi connectivity index (χ0v) is 14.7. The number of nitrogens with one attached hydrogen (secondary N) is 1. The molecule has 0 spiro atoms. The van der Waals surface area contributed by atoms with Crippen LogP contribution in [0.3, 0.4) is 0 Å². The average Bonchev–Trinajstić information content (AvgIpc) is 3.05. The number of amides is 1. The SMILES string of the molecule is CCc1ccc(S(=O)(=O)N2CCNC(=O)C2c2ccc(F)cc2)s1. The molecule has 5 nitrogen and oxygen atoms in total. The molecule has 1 atom stereocenters. The molecule has 3 rings (SSSR count). The van der Waals surface area contributed by atoms with Gasteiger partial charge in [0.25, 0.3) is 10.0 Å². The van der Waals surface area contributed by atoms with Crippen molar-refractivity contribution in [2.75, 3.05) is 13.1 Å². The quantitative estimate of drug-likeness (QED) is 0.901. The van der Waals surface area contributed by atoms with Crippen LogP contribution < -0.4 is 5.32 Å². The van der Waals surface area contributed by atoms with Gasteiger partial charge in [-0.1, -0.05) is 19.1 Å². The summed E-state index contributed by atoms with van der Waals surface area (Å²) in [5.74, 6) is -0.834. The van der Waals surface area contributed by atoms with Gasteiger partial charge in [0.1, 0.15) is 16.1 Å². The van der Waals surface area contributed by atoms with E-state index in [-0.39, 0.29) is 17.3 Å². The lowest BCUT2D eigenvalue weighted by Crippen LogP contribution is -2.51. The zero-order chi connectivity index (χ0) is 17.3. The van der Waals surface area contributed by atoms with Gasteiger partial charge in [-0.3, -0.25) is 4.79 Å². The largest absolute Gasteiger partial charge is 0.353 e. The molecule has 1 aromatic carbocycles. The Morgan fingerprint density at radius 1 is 1.25 bits per heavy atom. The standard InChI is InChI=1S/C16H17FN2O3S2/c1-2-13-7-8-14(23-13)24(21,22)19-10-9-18-16(20)15(19)11-3-5-12(17)6-4-11/h3-8,15H,2,9-10H2,1H3,(H,18,20). The summed E-state index contributed by atoms with van der Waals surface area (Å²) in [6.07, 6.45) is 0.752. The van der Waals surface area contributed by atoms with Gasteiger partial charge >= 0.3 is 0 Å². The number of aryl methyl sites for hydroxylation is 1. The van der Waals surface area contributed by atoms with Crippen LogP contribution in [0.15, 0.2) is 40.6 Å². The summed E-state index contributed by atoms with van der Waals surface area (Å²) in [5, 5.41) is 2.68. The van der Waals surface area contributed by atoms with Crippen LogP contribution in [-0.4, -0.2) is 31.7 Å². The van der Waals surface area contributed by atoms with E-state index < -0.39 is 27.8 Å². The Bertz CT molecular complexity index is 846. The summed E-state index contributed by atoms with van der Waals surface area (Å²) in [6.45, 7) is 2.38. The van der Waals surface area contributed by atoms with E-state index in [4.69, 9.17) is 0 Å². The van der Waals surface area contributed by atoms with Gasteiger partial charge in [0.15, 0.2) is 0 Å². The van der Waals surface area contributed by atoms with E-state index in [1.807, 2.05) is 6.92 Å². The van der Waals surface area contributed by atoms with Gasteiger partial charge in [0.2, 0.25) is 5.91 Å². The van der Waals surface area contributed by atoms with Crippen LogP contribution in [0.1, 0.15) is 23.4 Å². The molecule has 8 heteroatoms. The van der Waals surface area contributed by atoms with Gasteiger partial charge in [0.05, 0.1) is 0 Å². The highest BCUT2D eigenvalue weighted by atomic mass is 32.2. The molecule has 1 aliphatic heterocycles. The summed E-state index contributed by atoms with van der Waals surface area (Å²) in [5.41, 5.74) is 0.449. The van der Waals surface area contributed by atoms with Gasteiger partial charge in [-0.05, 0) is 36.2 Å². The van der Waals surface area contributed by atoms with Crippen LogP contribution in [0.4, 0.5) is 4.39 Å². The summed E-state index contributed by atoms with van der Waals surface area (Å²) >= 11 is 1.21. The molecule has 1 N–H and O–H groups in total. The van der Waals surface area contributed by atoms with Crippen molar-refractivity contribution < 1.29 is 17.6 Å². The number of halogens is 1. The van der Waals surface area contributed by atoms with E-state index in [0.717, 1.165) is 11.3 Å². The number of rotatable bonds is 4. The van der Waals surface area contributed by atoms with E-state index in [1.165, 1.54) is 39.9 Å². The maximum Gasteiger partial charge on any atom is 0.253 e. The van der Waals surface area contributed by atoms with Crippen molar-refractivity contribution in [2.24, 2.45) is 0 Å². The molecular weight excluding hydrogens is 351 g/mol. The van der Waals surface area contributed by atoms with Gasteiger partial charge in [-0.2, -0.15) is 4.31 Å². The predicted molar refractivity (Wildman–Crippen MR) is 89.7 cm³/mol. The minimum atomic E-state index is -3.79. The van der Waals surface area contributed by atoms with Crippen LogP contribution in [-0.2, 0) is 21.2 Å². The molecule has 24 heavy (non-hydrogen) atoms. The molecule has 2 heterocycles. The van der Waals surface area contributed by atoms with E-state index in [0.29, 0.717) is 5.56 Å². The molecular formula is C16H17FN2O3S2. The molecule has 1 aliphatic rings. The van der Waals surface area contributed by atoms with Crippen molar-refractivity contribution in [3.63, 3.8) is 0 Å². The van der Waals surface area contributed by atoms with Crippen molar-refractivity contribution in [3.8, 4) is 0 Å². The smallest absolute Gasteiger partial charge is 0.253 e. The third-order valence-corrected chi connectivity index (χ3v) is 7.46. The number of hydrogen-bond donors (Lipinski definition) is 1. The van der Waals surface area contributed by atoms with Crippen molar-refractivity contribution in [1.29, 1.82) is 0 Å². The molecule has 1 aromatic heterocycles. The third kappa shape index (κ3) is 3.09. The number of benzene rings is 1. The number of sulfonamides is 1. The van der Waals surface area contributed by atoms with Gasteiger partial charge in [-0.25, -0.2) is 12.8 Å². The zero-order valence-electron chi connectivity index (χ0n) is 13.0. The Kier molecular flexibility index (Phi) is 4.71. The van der Waals surface area contributed by atoms with Gasteiger partial charge in [-0.15, -0.1) is 11.3 Å². The summed E-state index contributed by atoms with van der Waals surface area (Å²) in [7, 11) is -3.79. The first kappa shape index (κ1) is 17.1. The monoisotopic (exact) mass is 368 g/mol. The molecule has 0 aliphatic carbocycles. The molecule has 0 bridgehead atoms. The predicted octanol–water partition coefficient (Wildman–Crippen LogP) is 2.31. The maximum absolute atomic E-state index is 13.2. The molecule has 1 amide bonds. The fraction of sp³-hybridized carbons (Fsp3) is 0.312. The van der Waals surface area contributed by atoms with Crippen molar-refractivity contribution in [3.05, 3.63) is 52.7 Å². The number of hydrogen-bond acceptors (Lipinski definition) is 4. The molecule has 1 unspecified atom stereocenters. The summed E-state index contributed by atoms with van der Waals surface area (Å²) < 4.78 is 40.6. The van der Waals surface area contributed by atoms with Crippen molar-refractivity contribution >= 4 is 27.3 Å². The number of thiophene rings is 1. The topological polar surface area (TPSA) is 66.5 Å². The van der Waals surface area contributed by atoms with Gasteiger partial charge < -0.3 is 5.32 Å². The third-order valence-electron chi connectivity index (χ3n) is 3.90. The Hall–Kier alpha value is -1.77. The number of nitrogens with zero attached hydrogens (tertiary/aromatic N) is 1. The highest BCUT2D eigenvalue weighted by molar-refractivity contribution is 7.91. The fourth-order valence-electron chi connectivity index (χ4n) is 2.67. The maximum atomic E-state index is 13.2. The molecule has 1 saturated heterocycles. The van der Waals surface area contributed by atoms with E-state index in [2.05, 4.69) is 5.32 Å². The fourth-order valence-corrected chi connectivity index (χ4v) is 5.67. The lowest BCUT2D eigenvalue weighted by molar-refractivity contribution is -0.126. The summed E-state index contributed by atoms with van der Waals surface area (Å²) in [6, 6.07) is 7.71. The van der Waals surface area contributed by atoms with Crippen molar-refractivity contribution in [2.45, 2.75) is 23.6 Å². The first-order chi connectivity index (χ1) is 11.4. The van der Waals surface area contributed by atoms with Crippen LogP contribution in [0.25, 0.3) is 0 Å². The number of carbonyl (C=O) groups is 1. The van der Waals surface area contributed by atoms with Crippen molar-refractivity contribution in [1.82, 2.24) is 9.62 Å². The molecule has 128 valence electrons. The van der Waals surface area contributed by atoms with Crippen LogP contribution in [0.2, 0.25) is 0 Å².